The third kappa shape index (κ3) is 3.15. The monoisotopic (exact) mass is 147 g/mol. The molecular formula is C7H17NO2. The molecule has 3 heteroatoms. The van der Waals surface area contributed by atoms with E-state index in [0.29, 0.717) is 13.0 Å². The summed E-state index contributed by atoms with van der Waals surface area (Å²) in [7, 11) is 0. The van der Waals surface area contributed by atoms with Gasteiger partial charge < -0.3 is 15.9 Å². The number of aliphatic hydroxyl groups is 2. The lowest BCUT2D eigenvalue weighted by molar-refractivity contribution is 0.0286. The van der Waals surface area contributed by atoms with Crippen LogP contribution in [0.3, 0.4) is 0 Å². The molecule has 3 nitrogen and oxygen atoms in total. The second-order valence-electron chi connectivity index (χ2n) is 2.72. The van der Waals surface area contributed by atoms with E-state index in [2.05, 4.69) is 0 Å². The molecule has 0 heterocycles. The van der Waals surface area contributed by atoms with E-state index >= 15 is 0 Å². The Morgan fingerprint density at radius 3 is 1.70 bits per heavy atom. The maximum Gasteiger partial charge on any atom is 0.0565 e. The molecule has 0 radical (unpaired) electrons. The van der Waals surface area contributed by atoms with Gasteiger partial charge in [-0.2, -0.15) is 0 Å². The smallest absolute Gasteiger partial charge is 0.0565 e. The van der Waals surface area contributed by atoms with Crippen molar-refractivity contribution in [1.29, 1.82) is 0 Å². The molecule has 0 saturated carbocycles. The highest BCUT2D eigenvalue weighted by atomic mass is 16.3. The fourth-order valence-electron chi connectivity index (χ4n) is 1.08. The Kier molecular flexibility index (Phi) is 4.60. The zero-order chi connectivity index (χ0) is 8.15. The zero-order valence-electron chi connectivity index (χ0n) is 6.62. The van der Waals surface area contributed by atoms with Crippen LogP contribution in [0.15, 0.2) is 0 Å². The molecule has 0 aromatic heterocycles. The number of nitrogens with two attached hydrogens (primary N) is 1. The molecule has 0 saturated heterocycles. The Balaban J connectivity index is 3.73. The number of hydrogen-bond donors (Lipinski definition) is 3. The summed E-state index contributed by atoms with van der Waals surface area (Å²) in [5, 5.41) is 18.2. The summed E-state index contributed by atoms with van der Waals surface area (Å²) in [6.07, 6.45) is -0.262. The van der Waals surface area contributed by atoms with Gasteiger partial charge in [-0.05, 0) is 26.8 Å². The average molecular weight is 147 g/mol. The quantitative estimate of drug-likeness (QED) is 0.512. The molecule has 0 aliphatic heterocycles. The first-order chi connectivity index (χ1) is 4.59. The number of rotatable bonds is 4. The first-order valence-corrected chi connectivity index (χ1v) is 3.65. The van der Waals surface area contributed by atoms with Gasteiger partial charge in [0.15, 0.2) is 0 Å². The van der Waals surface area contributed by atoms with Gasteiger partial charge in [-0.15, -0.1) is 0 Å². The van der Waals surface area contributed by atoms with Crippen molar-refractivity contribution in [3.8, 4) is 0 Å². The summed E-state index contributed by atoms with van der Waals surface area (Å²) in [6, 6.07) is 0. The van der Waals surface area contributed by atoms with E-state index in [1.165, 1.54) is 0 Å². The van der Waals surface area contributed by atoms with Crippen molar-refractivity contribution in [3.05, 3.63) is 0 Å². The predicted molar refractivity (Wildman–Crippen MR) is 40.5 cm³/mol. The van der Waals surface area contributed by atoms with E-state index in [-0.39, 0.29) is 5.92 Å². The summed E-state index contributed by atoms with van der Waals surface area (Å²) >= 11 is 0. The minimum Gasteiger partial charge on any atom is -0.393 e. The SMILES string of the molecule is CC(O)C(CCN)C(C)O. The van der Waals surface area contributed by atoms with Gasteiger partial charge in [-0.25, -0.2) is 0 Å². The van der Waals surface area contributed by atoms with Gasteiger partial charge in [0.2, 0.25) is 0 Å². The molecule has 0 fully saturated rings. The van der Waals surface area contributed by atoms with Crippen molar-refractivity contribution >= 4 is 0 Å². The van der Waals surface area contributed by atoms with Crippen LogP contribution in [0.4, 0.5) is 0 Å². The van der Waals surface area contributed by atoms with Gasteiger partial charge in [-0.3, -0.25) is 0 Å². The summed E-state index contributed by atoms with van der Waals surface area (Å²) in [5.41, 5.74) is 5.28. The van der Waals surface area contributed by atoms with Crippen LogP contribution in [0.25, 0.3) is 0 Å². The summed E-state index contributed by atoms with van der Waals surface area (Å²) in [4.78, 5) is 0. The van der Waals surface area contributed by atoms with Crippen LogP contribution in [-0.4, -0.2) is 29.0 Å². The van der Waals surface area contributed by atoms with Gasteiger partial charge in [-0.1, -0.05) is 0 Å². The summed E-state index contributed by atoms with van der Waals surface area (Å²) in [5.74, 6) is -0.0787. The lowest BCUT2D eigenvalue weighted by Gasteiger charge is -2.21. The maximum absolute atomic E-state index is 9.10. The maximum atomic E-state index is 9.10. The molecule has 0 aromatic carbocycles. The molecular weight excluding hydrogens is 130 g/mol. The van der Waals surface area contributed by atoms with Crippen molar-refractivity contribution in [2.24, 2.45) is 11.7 Å². The lowest BCUT2D eigenvalue weighted by atomic mass is 9.94. The van der Waals surface area contributed by atoms with Crippen molar-refractivity contribution < 1.29 is 10.2 Å². The molecule has 0 aromatic rings. The second kappa shape index (κ2) is 4.66. The van der Waals surface area contributed by atoms with E-state index in [0.717, 1.165) is 0 Å². The fourth-order valence-corrected chi connectivity index (χ4v) is 1.08. The second-order valence-corrected chi connectivity index (χ2v) is 2.72. The molecule has 10 heavy (non-hydrogen) atoms. The first kappa shape index (κ1) is 9.88. The first-order valence-electron chi connectivity index (χ1n) is 3.65. The van der Waals surface area contributed by atoms with Gasteiger partial charge in [0, 0.05) is 5.92 Å². The summed E-state index contributed by atoms with van der Waals surface area (Å²) < 4.78 is 0. The molecule has 0 bridgehead atoms. The molecule has 62 valence electrons. The van der Waals surface area contributed by atoms with E-state index in [1.807, 2.05) is 0 Å². The lowest BCUT2D eigenvalue weighted by Crippen LogP contribution is -2.29. The molecule has 0 rings (SSSR count). The zero-order valence-corrected chi connectivity index (χ0v) is 6.62. The molecule has 0 aliphatic rings. The molecule has 4 N–H and O–H groups in total. The molecule has 0 aliphatic carbocycles. The third-order valence-electron chi connectivity index (χ3n) is 1.74. The minimum atomic E-state index is -0.469. The van der Waals surface area contributed by atoms with Crippen LogP contribution in [0.1, 0.15) is 20.3 Å². The van der Waals surface area contributed by atoms with Crippen molar-refractivity contribution in [2.45, 2.75) is 32.5 Å². The topological polar surface area (TPSA) is 66.5 Å². The van der Waals surface area contributed by atoms with Crippen molar-refractivity contribution in [2.75, 3.05) is 6.54 Å². The third-order valence-corrected chi connectivity index (χ3v) is 1.74. The van der Waals surface area contributed by atoms with Gasteiger partial charge >= 0.3 is 0 Å². The summed E-state index contributed by atoms with van der Waals surface area (Å²) in [6.45, 7) is 3.86. The van der Waals surface area contributed by atoms with Gasteiger partial charge in [0.1, 0.15) is 0 Å². The largest absolute Gasteiger partial charge is 0.393 e. The van der Waals surface area contributed by atoms with Crippen LogP contribution in [0.5, 0.6) is 0 Å². The normalized spacial score (nSPS) is 20.1. The molecule has 2 atom stereocenters. The Hall–Kier alpha value is -0.120. The van der Waals surface area contributed by atoms with E-state index in [9.17, 15) is 0 Å². The van der Waals surface area contributed by atoms with Crippen LogP contribution in [0.2, 0.25) is 0 Å². The highest BCUT2D eigenvalue weighted by Gasteiger charge is 2.18. The fraction of sp³-hybridized carbons (Fsp3) is 1.00. The predicted octanol–water partition coefficient (Wildman–Crippen LogP) is -0.287. The van der Waals surface area contributed by atoms with Crippen molar-refractivity contribution in [1.82, 2.24) is 0 Å². The Bertz CT molecular complexity index is 75.7. The van der Waals surface area contributed by atoms with Crippen LogP contribution < -0.4 is 5.73 Å². The highest BCUT2D eigenvalue weighted by molar-refractivity contribution is 4.70. The van der Waals surface area contributed by atoms with Crippen LogP contribution in [-0.2, 0) is 0 Å². The average Bonchev–Trinajstić information content (AvgIpc) is 1.81. The molecule has 0 spiro atoms. The number of aliphatic hydroxyl groups excluding tert-OH is 2. The minimum absolute atomic E-state index is 0.0787. The van der Waals surface area contributed by atoms with Crippen molar-refractivity contribution in [3.63, 3.8) is 0 Å². The van der Waals surface area contributed by atoms with Crippen LogP contribution >= 0.6 is 0 Å². The standard InChI is InChI=1S/C7H17NO2/c1-5(9)7(3-4-8)6(2)10/h5-7,9-10H,3-4,8H2,1-2H3. The molecule has 0 amide bonds. The Morgan fingerprint density at radius 1 is 1.20 bits per heavy atom. The van der Waals surface area contributed by atoms with E-state index in [1.54, 1.807) is 13.8 Å². The molecule has 2 unspecified atom stereocenters. The highest BCUT2D eigenvalue weighted by Crippen LogP contribution is 2.12. The Labute approximate surface area is 61.9 Å². The number of hydrogen-bond acceptors (Lipinski definition) is 3. The van der Waals surface area contributed by atoms with Gasteiger partial charge in [0.05, 0.1) is 12.2 Å². The van der Waals surface area contributed by atoms with E-state index < -0.39 is 12.2 Å². The van der Waals surface area contributed by atoms with Gasteiger partial charge in [0.25, 0.3) is 0 Å². The Morgan fingerprint density at radius 2 is 1.60 bits per heavy atom. The van der Waals surface area contributed by atoms with Crippen LogP contribution in [0, 0.1) is 5.92 Å². The van der Waals surface area contributed by atoms with E-state index in [4.69, 9.17) is 15.9 Å².